The average molecular weight is 400 g/mol. The van der Waals surface area contributed by atoms with Gasteiger partial charge in [-0.25, -0.2) is 8.42 Å². The number of amides is 1. The Kier molecular flexibility index (Phi) is 7.65. The number of carbonyl (C=O) groups excluding carboxylic acids is 1. The molecule has 28 heavy (non-hydrogen) atoms. The Bertz CT molecular complexity index is 968. The summed E-state index contributed by atoms with van der Waals surface area (Å²) in [7, 11) is -3.30. The second-order valence-electron chi connectivity index (χ2n) is 6.60. The molecule has 5 nitrogen and oxygen atoms in total. The summed E-state index contributed by atoms with van der Waals surface area (Å²) in [6.45, 7) is 5.74. The largest absolute Gasteiger partial charge is 0.481 e. The van der Waals surface area contributed by atoms with Crippen LogP contribution in [0.2, 0.25) is 0 Å². The molecule has 2 aromatic carbocycles. The molecule has 0 aromatic heterocycles. The van der Waals surface area contributed by atoms with Crippen LogP contribution in [0, 0.1) is 18.8 Å². The Hall–Kier alpha value is -2.78. The number of aryl methyl sites for hydroxylation is 1. The van der Waals surface area contributed by atoms with Gasteiger partial charge in [0.25, 0.3) is 0 Å². The summed E-state index contributed by atoms with van der Waals surface area (Å²) in [5, 5.41) is 2.24. The monoisotopic (exact) mass is 399 g/mol. The maximum atomic E-state index is 12.1. The fourth-order valence-corrected chi connectivity index (χ4v) is 3.47. The second-order valence-corrected chi connectivity index (χ2v) is 9.10. The third kappa shape index (κ3) is 6.14. The molecule has 2 rings (SSSR count). The van der Waals surface area contributed by atoms with Gasteiger partial charge in [-0.3, -0.25) is 4.79 Å². The molecule has 0 bridgehead atoms. The molecule has 0 fully saturated rings. The van der Waals surface area contributed by atoms with Crippen molar-refractivity contribution in [3.8, 4) is 17.6 Å². The van der Waals surface area contributed by atoms with E-state index in [9.17, 15) is 13.2 Å². The third-order valence-electron chi connectivity index (χ3n) is 4.13. The van der Waals surface area contributed by atoms with Gasteiger partial charge in [-0.05, 0) is 50.1 Å². The number of para-hydroxylation sites is 1. The Morgan fingerprint density at radius 2 is 1.75 bits per heavy atom. The average Bonchev–Trinajstić information content (AvgIpc) is 2.66. The predicted molar refractivity (Wildman–Crippen MR) is 110 cm³/mol. The molecule has 6 heteroatoms. The van der Waals surface area contributed by atoms with Gasteiger partial charge in [0.15, 0.2) is 9.84 Å². The standard InChI is InChI=1S/C22H25NO4S/c1-17(2)28(25,26)20-12-10-19(11-13-20)16-22(24)23-14-6-7-15-27-21-9-5-4-8-18(21)3/h4-5,8-13,17H,14-16H2,1-3H3,(H,23,24). The Balaban J connectivity index is 1.77. The van der Waals surface area contributed by atoms with Crippen molar-refractivity contribution in [1.82, 2.24) is 5.32 Å². The molecule has 0 atom stereocenters. The van der Waals surface area contributed by atoms with Gasteiger partial charge in [-0.1, -0.05) is 42.2 Å². The maximum absolute atomic E-state index is 12.1. The zero-order chi connectivity index (χ0) is 20.6. The van der Waals surface area contributed by atoms with Crippen LogP contribution >= 0.6 is 0 Å². The summed E-state index contributed by atoms with van der Waals surface area (Å²) in [6.07, 6.45) is 0.170. The van der Waals surface area contributed by atoms with E-state index in [2.05, 4.69) is 17.2 Å². The van der Waals surface area contributed by atoms with Crippen molar-refractivity contribution < 1.29 is 17.9 Å². The SMILES string of the molecule is Cc1ccccc1OCC#CCNC(=O)Cc1ccc(S(=O)(=O)C(C)C)cc1. The van der Waals surface area contributed by atoms with Crippen molar-refractivity contribution in [3.63, 3.8) is 0 Å². The number of carbonyl (C=O) groups is 1. The number of hydrogen-bond donors (Lipinski definition) is 1. The van der Waals surface area contributed by atoms with E-state index in [1.54, 1.807) is 38.1 Å². The van der Waals surface area contributed by atoms with Crippen molar-refractivity contribution in [2.24, 2.45) is 0 Å². The quantitative estimate of drug-likeness (QED) is 0.727. The van der Waals surface area contributed by atoms with E-state index in [0.717, 1.165) is 16.9 Å². The molecular formula is C22H25NO4S. The number of rotatable bonds is 7. The molecule has 0 aliphatic heterocycles. The van der Waals surface area contributed by atoms with Gasteiger partial charge in [0.1, 0.15) is 12.4 Å². The van der Waals surface area contributed by atoms with Crippen LogP contribution < -0.4 is 10.1 Å². The predicted octanol–water partition coefficient (Wildman–Crippen LogP) is 2.92. The van der Waals surface area contributed by atoms with E-state index in [1.807, 2.05) is 31.2 Å². The van der Waals surface area contributed by atoms with E-state index >= 15 is 0 Å². The van der Waals surface area contributed by atoms with Crippen LogP contribution in [-0.2, 0) is 21.1 Å². The minimum absolute atomic E-state index is 0.170. The highest BCUT2D eigenvalue weighted by Gasteiger charge is 2.18. The molecule has 148 valence electrons. The second kappa shape index (κ2) is 9.95. The van der Waals surface area contributed by atoms with E-state index in [4.69, 9.17) is 4.74 Å². The van der Waals surface area contributed by atoms with Crippen LogP contribution in [0.3, 0.4) is 0 Å². The van der Waals surface area contributed by atoms with Crippen molar-refractivity contribution in [2.75, 3.05) is 13.2 Å². The fourth-order valence-electron chi connectivity index (χ4n) is 2.41. The van der Waals surface area contributed by atoms with Crippen molar-refractivity contribution in [2.45, 2.75) is 37.3 Å². The maximum Gasteiger partial charge on any atom is 0.225 e. The Labute approximate surface area is 167 Å². The molecule has 0 aliphatic rings. The Morgan fingerprint density at radius 1 is 1.07 bits per heavy atom. The molecule has 2 aromatic rings. The van der Waals surface area contributed by atoms with Gasteiger partial charge in [0, 0.05) is 0 Å². The van der Waals surface area contributed by atoms with E-state index < -0.39 is 15.1 Å². The van der Waals surface area contributed by atoms with Crippen LogP contribution in [0.1, 0.15) is 25.0 Å². The van der Waals surface area contributed by atoms with Crippen LogP contribution in [0.5, 0.6) is 5.75 Å². The molecule has 1 N–H and O–H groups in total. The minimum atomic E-state index is -3.30. The molecule has 0 spiro atoms. The zero-order valence-corrected chi connectivity index (χ0v) is 17.2. The summed E-state index contributed by atoms with van der Waals surface area (Å²) in [4.78, 5) is 12.2. The highest BCUT2D eigenvalue weighted by Crippen LogP contribution is 2.17. The van der Waals surface area contributed by atoms with Crippen LogP contribution in [0.4, 0.5) is 0 Å². The first-order valence-electron chi connectivity index (χ1n) is 9.04. The first-order chi connectivity index (χ1) is 13.3. The van der Waals surface area contributed by atoms with Crippen molar-refractivity contribution >= 4 is 15.7 Å². The number of nitrogens with one attached hydrogen (secondary N) is 1. The molecule has 1 amide bonds. The van der Waals surface area contributed by atoms with E-state index in [0.29, 0.717) is 0 Å². The van der Waals surface area contributed by atoms with Crippen molar-refractivity contribution in [3.05, 3.63) is 59.7 Å². The number of sulfone groups is 1. The normalized spacial score (nSPS) is 10.9. The van der Waals surface area contributed by atoms with E-state index in [-0.39, 0.29) is 30.4 Å². The topological polar surface area (TPSA) is 72.5 Å². The summed E-state index contributed by atoms with van der Waals surface area (Å²) in [6, 6.07) is 14.1. The number of hydrogen-bond acceptors (Lipinski definition) is 4. The molecule has 0 unspecified atom stereocenters. The fraction of sp³-hybridized carbons (Fsp3) is 0.318. The first-order valence-corrected chi connectivity index (χ1v) is 10.6. The van der Waals surface area contributed by atoms with Crippen LogP contribution in [0.15, 0.2) is 53.4 Å². The van der Waals surface area contributed by atoms with E-state index in [1.165, 1.54) is 0 Å². The Morgan fingerprint density at radius 3 is 2.39 bits per heavy atom. The van der Waals surface area contributed by atoms with Crippen molar-refractivity contribution in [1.29, 1.82) is 0 Å². The zero-order valence-electron chi connectivity index (χ0n) is 16.4. The summed E-state index contributed by atoms with van der Waals surface area (Å²) < 4.78 is 29.8. The lowest BCUT2D eigenvalue weighted by Gasteiger charge is -2.08. The van der Waals surface area contributed by atoms with Gasteiger partial charge < -0.3 is 10.1 Å². The van der Waals surface area contributed by atoms with Gasteiger partial charge in [0.05, 0.1) is 23.1 Å². The highest BCUT2D eigenvalue weighted by atomic mass is 32.2. The molecular weight excluding hydrogens is 374 g/mol. The van der Waals surface area contributed by atoms with Gasteiger partial charge in [-0.2, -0.15) is 0 Å². The minimum Gasteiger partial charge on any atom is -0.481 e. The molecule has 0 heterocycles. The first kappa shape index (κ1) is 21.5. The van der Waals surface area contributed by atoms with Gasteiger partial charge in [-0.15, -0.1) is 0 Å². The lowest BCUT2D eigenvalue weighted by Crippen LogP contribution is -2.25. The van der Waals surface area contributed by atoms with Crippen LogP contribution in [-0.4, -0.2) is 32.7 Å². The lowest BCUT2D eigenvalue weighted by molar-refractivity contribution is -0.120. The molecule has 0 saturated carbocycles. The third-order valence-corrected chi connectivity index (χ3v) is 6.30. The van der Waals surface area contributed by atoms with Crippen LogP contribution in [0.25, 0.3) is 0 Å². The molecule has 0 aliphatic carbocycles. The van der Waals surface area contributed by atoms with Gasteiger partial charge in [0.2, 0.25) is 5.91 Å². The summed E-state index contributed by atoms with van der Waals surface area (Å²) in [5.74, 6) is 6.33. The smallest absolute Gasteiger partial charge is 0.225 e. The number of benzene rings is 2. The lowest BCUT2D eigenvalue weighted by atomic mass is 10.1. The highest BCUT2D eigenvalue weighted by molar-refractivity contribution is 7.92. The summed E-state index contributed by atoms with van der Waals surface area (Å²) >= 11 is 0. The molecule has 0 radical (unpaired) electrons. The van der Waals surface area contributed by atoms with Gasteiger partial charge >= 0.3 is 0 Å². The number of ether oxygens (including phenoxy) is 1. The molecule has 0 saturated heterocycles. The summed E-state index contributed by atoms with van der Waals surface area (Å²) in [5.41, 5.74) is 1.79.